The van der Waals surface area contributed by atoms with Crippen LogP contribution in [0.4, 0.5) is 4.39 Å². The molecule has 3 aromatic rings. The third-order valence-electron chi connectivity index (χ3n) is 5.19. The van der Waals surface area contributed by atoms with Gasteiger partial charge < -0.3 is 9.67 Å². The highest BCUT2D eigenvalue weighted by molar-refractivity contribution is 5.20. The van der Waals surface area contributed by atoms with E-state index in [-0.39, 0.29) is 5.82 Å². The Hall–Kier alpha value is -2.43. The summed E-state index contributed by atoms with van der Waals surface area (Å²) in [5.74, 6) is -0.202. The van der Waals surface area contributed by atoms with Gasteiger partial charge in [-0.05, 0) is 48.2 Å². The molecule has 140 valence electrons. The zero-order chi connectivity index (χ0) is 18.6. The Labute approximate surface area is 159 Å². The van der Waals surface area contributed by atoms with Gasteiger partial charge in [-0.15, -0.1) is 0 Å². The lowest BCUT2D eigenvalue weighted by Gasteiger charge is -2.26. The van der Waals surface area contributed by atoms with Gasteiger partial charge in [0.05, 0.1) is 6.10 Å². The van der Waals surface area contributed by atoms with Gasteiger partial charge in [-0.3, -0.25) is 4.90 Å². The maximum atomic E-state index is 13.5. The maximum Gasteiger partial charge on any atom is 0.123 e. The predicted molar refractivity (Wildman–Crippen MR) is 105 cm³/mol. The average molecular weight is 364 g/mol. The lowest BCUT2D eigenvalue weighted by atomic mass is 10.1. The Morgan fingerprint density at radius 1 is 1.04 bits per heavy atom. The van der Waals surface area contributed by atoms with Crippen molar-refractivity contribution in [1.29, 1.82) is 0 Å². The number of rotatable bonds is 8. The Morgan fingerprint density at radius 3 is 2.59 bits per heavy atom. The quantitative estimate of drug-likeness (QED) is 0.643. The predicted octanol–water partition coefficient (Wildman–Crippen LogP) is 4.37. The molecule has 4 heteroatoms. The molecule has 0 radical (unpaired) electrons. The zero-order valence-corrected chi connectivity index (χ0v) is 15.3. The molecule has 0 unspecified atom stereocenters. The molecule has 2 aromatic carbocycles. The van der Waals surface area contributed by atoms with Gasteiger partial charge in [-0.1, -0.05) is 42.5 Å². The minimum absolute atomic E-state index is 0.202. The summed E-state index contributed by atoms with van der Waals surface area (Å²) in [6, 6.07) is 21.3. The molecule has 1 aromatic heterocycles. The monoisotopic (exact) mass is 364 g/mol. The fourth-order valence-electron chi connectivity index (χ4n) is 3.57. The van der Waals surface area contributed by atoms with Crippen LogP contribution in [0.25, 0.3) is 0 Å². The number of benzene rings is 2. The number of nitrogens with zero attached hydrogens (tertiary/aromatic N) is 2. The van der Waals surface area contributed by atoms with E-state index in [0.717, 1.165) is 17.7 Å². The summed E-state index contributed by atoms with van der Waals surface area (Å²) in [6.07, 6.45) is 3.93. The van der Waals surface area contributed by atoms with E-state index in [9.17, 15) is 9.50 Å². The second-order valence-electron chi connectivity index (χ2n) is 7.34. The Balaban J connectivity index is 1.46. The standard InChI is InChI=1S/C23H25FN2O/c24-20-9-4-6-18(14-20)15-25-13-5-10-22(25)16-26(21-11-12-21)17-23(27)19-7-2-1-3-8-19/h1-10,13-14,21,23,27H,11-12,15-17H2/t23-/m0/s1. The first-order valence-corrected chi connectivity index (χ1v) is 9.54. The highest BCUT2D eigenvalue weighted by Gasteiger charge is 2.31. The topological polar surface area (TPSA) is 28.4 Å². The third-order valence-corrected chi connectivity index (χ3v) is 5.19. The van der Waals surface area contributed by atoms with Crippen LogP contribution in [0.2, 0.25) is 0 Å². The van der Waals surface area contributed by atoms with Gasteiger partial charge in [0.2, 0.25) is 0 Å². The van der Waals surface area contributed by atoms with Crippen molar-refractivity contribution in [2.45, 2.75) is 38.1 Å². The molecule has 1 saturated carbocycles. The van der Waals surface area contributed by atoms with Crippen LogP contribution in [0, 0.1) is 5.82 Å². The molecule has 1 fully saturated rings. The molecule has 4 rings (SSSR count). The SMILES string of the molecule is O[C@@H](CN(Cc1cccn1Cc1cccc(F)c1)C1CC1)c1ccccc1. The summed E-state index contributed by atoms with van der Waals surface area (Å²) in [5.41, 5.74) is 3.10. The van der Waals surface area contributed by atoms with Crippen molar-refractivity contribution in [3.63, 3.8) is 0 Å². The maximum absolute atomic E-state index is 13.5. The largest absolute Gasteiger partial charge is 0.387 e. The summed E-state index contributed by atoms with van der Waals surface area (Å²) < 4.78 is 15.6. The number of hydrogen-bond acceptors (Lipinski definition) is 2. The zero-order valence-electron chi connectivity index (χ0n) is 15.3. The smallest absolute Gasteiger partial charge is 0.123 e. The summed E-state index contributed by atoms with van der Waals surface area (Å²) in [5, 5.41) is 10.6. The highest BCUT2D eigenvalue weighted by atomic mass is 19.1. The molecule has 1 aliphatic carbocycles. The third kappa shape index (κ3) is 4.65. The van der Waals surface area contributed by atoms with Crippen LogP contribution in [0.5, 0.6) is 0 Å². The van der Waals surface area contributed by atoms with E-state index in [0.29, 0.717) is 19.1 Å². The lowest BCUT2D eigenvalue weighted by molar-refractivity contribution is 0.103. The van der Waals surface area contributed by atoms with Crippen molar-refractivity contribution >= 4 is 0 Å². The minimum Gasteiger partial charge on any atom is -0.387 e. The van der Waals surface area contributed by atoms with Gasteiger partial charge in [0.15, 0.2) is 0 Å². The minimum atomic E-state index is -0.488. The van der Waals surface area contributed by atoms with Crippen LogP contribution in [0.1, 0.15) is 35.8 Å². The highest BCUT2D eigenvalue weighted by Crippen LogP contribution is 2.30. The molecule has 0 spiro atoms. The number of halogens is 1. The molecular weight excluding hydrogens is 339 g/mol. The van der Waals surface area contributed by atoms with E-state index in [2.05, 4.69) is 15.5 Å². The Bertz CT molecular complexity index is 873. The second kappa shape index (κ2) is 8.07. The first kappa shape index (κ1) is 18.0. The van der Waals surface area contributed by atoms with Crippen molar-refractivity contribution in [3.8, 4) is 0 Å². The summed E-state index contributed by atoms with van der Waals surface area (Å²) in [7, 11) is 0. The molecule has 1 atom stereocenters. The normalized spacial score (nSPS) is 15.2. The van der Waals surface area contributed by atoms with Crippen LogP contribution in [0.15, 0.2) is 72.9 Å². The van der Waals surface area contributed by atoms with E-state index >= 15 is 0 Å². The summed E-state index contributed by atoms with van der Waals surface area (Å²) >= 11 is 0. The molecule has 0 aliphatic heterocycles. The first-order valence-electron chi connectivity index (χ1n) is 9.54. The van der Waals surface area contributed by atoms with Crippen LogP contribution < -0.4 is 0 Å². The van der Waals surface area contributed by atoms with Gasteiger partial charge in [-0.25, -0.2) is 4.39 Å². The molecule has 1 N–H and O–H groups in total. The number of aliphatic hydroxyl groups is 1. The summed E-state index contributed by atoms with van der Waals surface area (Å²) in [6.45, 7) is 2.07. The van der Waals surface area contributed by atoms with E-state index in [1.54, 1.807) is 12.1 Å². The molecular formula is C23H25FN2O. The van der Waals surface area contributed by atoms with Crippen molar-refractivity contribution in [2.24, 2.45) is 0 Å². The van der Waals surface area contributed by atoms with Crippen LogP contribution >= 0.6 is 0 Å². The van der Waals surface area contributed by atoms with Gasteiger partial charge in [0.1, 0.15) is 5.82 Å². The fraction of sp³-hybridized carbons (Fsp3) is 0.304. The van der Waals surface area contributed by atoms with E-state index < -0.39 is 6.10 Å². The van der Waals surface area contributed by atoms with Gasteiger partial charge >= 0.3 is 0 Å². The molecule has 0 amide bonds. The molecule has 0 saturated heterocycles. The molecule has 1 heterocycles. The fourth-order valence-corrected chi connectivity index (χ4v) is 3.57. The van der Waals surface area contributed by atoms with Gasteiger partial charge in [0.25, 0.3) is 0 Å². The number of hydrogen-bond donors (Lipinski definition) is 1. The van der Waals surface area contributed by atoms with Crippen molar-refractivity contribution in [3.05, 3.63) is 95.6 Å². The van der Waals surface area contributed by atoms with E-state index in [4.69, 9.17) is 0 Å². The number of aliphatic hydroxyl groups excluding tert-OH is 1. The molecule has 0 bridgehead atoms. The number of aromatic nitrogens is 1. The Morgan fingerprint density at radius 2 is 1.85 bits per heavy atom. The van der Waals surface area contributed by atoms with Crippen molar-refractivity contribution in [2.75, 3.05) is 6.54 Å². The van der Waals surface area contributed by atoms with Crippen LogP contribution in [-0.2, 0) is 13.1 Å². The molecule has 27 heavy (non-hydrogen) atoms. The van der Waals surface area contributed by atoms with Gasteiger partial charge in [0, 0.05) is 37.6 Å². The molecule has 3 nitrogen and oxygen atoms in total. The van der Waals surface area contributed by atoms with Gasteiger partial charge in [-0.2, -0.15) is 0 Å². The van der Waals surface area contributed by atoms with Crippen molar-refractivity contribution < 1.29 is 9.50 Å². The van der Waals surface area contributed by atoms with E-state index in [1.807, 2.05) is 48.7 Å². The molecule has 1 aliphatic rings. The lowest BCUT2D eigenvalue weighted by Crippen LogP contribution is -2.31. The first-order chi connectivity index (χ1) is 13.2. The average Bonchev–Trinajstić information content (AvgIpc) is 3.44. The van der Waals surface area contributed by atoms with Crippen LogP contribution in [-0.4, -0.2) is 27.2 Å². The van der Waals surface area contributed by atoms with E-state index in [1.165, 1.54) is 24.6 Å². The van der Waals surface area contributed by atoms with Crippen molar-refractivity contribution in [1.82, 2.24) is 9.47 Å². The Kier molecular flexibility index (Phi) is 5.37. The second-order valence-corrected chi connectivity index (χ2v) is 7.34. The summed E-state index contributed by atoms with van der Waals surface area (Å²) in [4.78, 5) is 2.37. The van der Waals surface area contributed by atoms with Crippen LogP contribution in [0.3, 0.4) is 0 Å².